The van der Waals surface area contributed by atoms with E-state index < -0.39 is 0 Å². The Balaban J connectivity index is 2.13. The number of rotatable bonds is 8. The van der Waals surface area contributed by atoms with Gasteiger partial charge in [-0.05, 0) is 6.42 Å². The summed E-state index contributed by atoms with van der Waals surface area (Å²) >= 11 is 0. The molecule has 1 aromatic carbocycles. The molecule has 0 aliphatic rings. The maximum atomic E-state index is 9.25. The fourth-order valence-electron chi connectivity index (χ4n) is 1.72. The fraction of sp³-hybridized carbons (Fsp3) is 0.571. The Hall–Kier alpha value is -1.38. The topological polar surface area (TPSA) is 49.7 Å². The fourth-order valence-corrected chi connectivity index (χ4v) is 1.72. The van der Waals surface area contributed by atoms with Gasteiger partial charge in [-0.25, -0.2) is 0 Å². The average Bonchev–Trinajstić information content (AvgIpc) is 2.26. The van der Waals surface area contributed by atoms with Crippen LogP contribution in [-0.4, -0.2) is 16.8 Å². The summed E-state index contributed by atoms with van der Waals surface area (Å²) in [5.41, 5.74) is 0. The van der Waals surface area contributed by atoms with Crippen LogP contribution in [0.1, 0.15) is 45.4 Å². The molecule has 0 saturated carbocycles. The highest BCUT2D eigenvalue weighted by molar-refractivity contribution is 5.40. The molecule has 0 aliphatic carbocycles. The Labute approximate surface area is 103 Å². The second-order valence-electron chi connectivity index (χ2n) is 4.30. The van der Waals surface area contributed by atoms with Crippen molar-refractivity contribution in [2.24, 2.45) is 0 Å². The van der Waals surface area contributed by atoms with Crippen molar-refractivity contribution >= 4 is 0 Å². The van der Waals surface area contributed by atoms with Gasteiger partial charge < -0.3 is 14.9 Å². The lowest BCUT2D eigenvalue weighted by Gasteiger charge is -2.07. The molecule has 1 aromatic rings. The molecule has 0 unspecified atom stereocenters. The summed E-state index contributed by atoms with van der Waals surface area (Å²) in [5.74, 6) is 0.585. The lowest BCUT2D eigenvalue weighted by atomic mass is 10.1. The number of hydrogen-bond acceptors (Lipinski definition) is 3. The van der Waals surface area contributed by atoms with Gasteiger partial charge in [-0.2, -0.15) is 0 Å². The highest BCUT2D eigenvalue weighted by Crippen LogP contribution is 2.25. The lowest BCUT2D eigenvalue weighted by Crippen LogP contribution is -1.97. The molecule has 0 atom stereocenters. The zero-order chi connectivity index (χ0) is 12.5. The smallest absolute Gasteiger partial charge is 0.126 e. The summed E-state index contributed by atoms with van der Waals surface area (Å²) < 4.78 is 5.45. The molecule has 1 rings (SSSR count). The predicted octanol–water partition coefficient (Wildman–Crippen LogP) is 3.84. The van der Waals surface area contributed by atoms with Crippen molar-refractivity contribution in [3.8, 4) is 17.2 Å². The van der Waals surface area contributed by atoms with Crippen LogP contribution in [0.3, 0.4) is 0 Å². The quantitative estimate of drug-likeness (QED) is 0.676. The highest BCUT2D eigenvalue weighted by atomic mass is 16.5. The van der Waals surface area contributed by atoms with E-state index in [1.54, 1.807) is 0 Å². The molecular formula is C14H22O3. The summed E-state index contributed by atoms with van der Waals surface area (Å²) in [7, 11) is 0. The van der Waals surface area contributed by atoms with Gasteiger partial charge in [0, 0.05) is 18.2 Å². The van der Waals surface area contributed by atoms with E-state index in [9.17, 15) is 10.2 Å². The zero-order valence-electron chi connectivity index (χ0n) is 10.5. The third-order valence-corrected chi connectivity index (χ3v) is 2.64. The van der Waals surface area contributed by atoms with Crippen LogP contribution in [0.25, 0.3) is 0 Å². The first-order valence-corrected chi connectivity index (χ1v) is 6.38. The van der Waals surface area contributed by atoms with E-state index in [2.05, 4.69) is 6.92 Å². The Morgan fingerprint density at radius 2 is 1.47 bits per heavy atom. The maximum absolute atomic E-state index is 9.25. The summed E-state index contributed by atoms with van der Waals surface area (Å²) in [6, 6.07) is 4.31. The molecule has 0 fully saturated rings. The molecular weight excluding hydrogens is 216 g/mol. The number of phenolic OH excluding ortho intramolecular Hbond substituents is 2. The lowest BCUT2D eigenvalue weighted by molar-refractivity contribution is 0.301. The van der Waals surface area contributed by atoms with E-state index >= 15 is 0 Å². The van der Waals surface area contributed by atoms with Gasteiger partial charge in [0.2, 0.25) is 0 Å². The van der Waals surface area contributed by atoms with Crippen molar-refractivity contribution < 1.29 is 14.9 Å². The van der Waals surface area contributed by atoms with Gasteiger partial charge in [0.25, 0.3) is 0 Å². The van der Waals surface area contributed by atoms with Gasteiger partial charge in [-0.3, -0.25) is 0 Å². The van der Waals surface area contributed by atoms with E-state index in [1.807, 2.05) is 0 Å². The maximum Gasteiger partial charge on any atom is 0.126 e. The van der Waals surface area contributed by atoms with Gasteiger partial charge in [-0.1, -0.05) is 39.0 Å². The predicted molar refractivity (Wildman–Crippen MR) is 68.6 cm³/mol. The van der Waals surface area contributed by atoms with Crippen molar-refractivity contribution in [2.45, 2.75) is 45.4 Å². The number of phenols is 2. The molecule has 0 bridgehead atoms. The molecule has 96 valence electrons. The van der Waals surface area contributed by atoms with E-state index in [4.69, 9.17) is 4.74 Å². The number of unbranched alkanes of at least 4 members (excludes halogenated alkanes) is 5. The van der Waals surface area contributed by atoms with Crippen LogP contribution in [0.15, 0.2) is 18.2 Å². The molecule has 0 radical (unpaired) electrons. The Kier molecular flexibility index (Phi) is 6.30. The van der Waals surface area contributed by atoms with Crippen molar-refractivity contribution in [3.63, 3.8) is 0 Å². The zero-order valence-corrected chi connectivity index (χ0v) is 10.5. The molecule has 0 aliphatic heterocycles. The molecule has 3 nitrogen and oxygen atoms in total. The minimum absolute atomic E-state index is 0.0305. The molecule has 0 spiro atoms. The van der Waals surface area contributed by atoms with Crippen molar-refractivity contribution in [1.82, 2.24) is 0 Å². The molecule has 2 N–H and O–H groups in total. The van der Waals surface area contributed by atoms with Crippen LogP contribution in [0.4, 0.5) is 0 Å². The van der Waals surface area contributed by atoms with Gasteiger partial charge in [0.15, 0.2) is 0 Å². The summed E-state index contributed by atoms with van der Waals surface area (Å²) in [6.45, 7) is 2.84. The van der Waals surface area contributed by atoms with Crippen LogP contribution in [0.2, 0.25) is 0 Å². The van der Waals surface area contributed by atoms with E-state index in [0.29, 0.717) is 12.4 Å². The SMILES string of the molecule is CCCCCCCCOc1cc(O)cc(O)c1. The molecule has 0 amide bonds. The highest BCUT2D eigenvalue weighted by Gasteiger charge is 1.99. The first kappa shape index (κ1) is 13.7. The summed E-state index contributed by atoms with van der Waals surface area (Å²) in [5, 5.41) is 18.5. The second-order valence-corrected chi connectivity index (χ2v) is 4.30. The van der Waals surface area contributed by atoms with Crippen LogP contribution >= 0.6 is 0 Å². The third-order valence-electron chi connectivity index (χ3n) is 2.64. The standard InChI is InChI=1S/C14H22O3/c1-2-3-4-5-6-7-8-17-14-10-12(15)9-13(16)11-14/h9-11,15-16H,2-8H2,1H3. The monoisotopic (exact) mass is 238 g/mol. The van der Waals surface area contributed by atoms with Crippen molar-refractivity contribution in [1.29, 1.82) is 0 Å². The first-order valence-electron chi connectivity index (χ1n) is 6.38. The summed E-state index contributed by atoms with van der Waals surface area (Å²) in [4.78, 5) is 0. The van der Waals surface area contributed by atoms with Gasteiger partial charge in [0.05, 0.1) is 6.61 Å². The number of aromatic hydroxyl groups is 2. The Bertz CT molecular complexity index is 303. The Morgan fingerprint density at radius 3 is 2.12 bits per heavy atom. The molecule has 0 saturated heterocycles. The van der Waals surface area contributed by atoms with E-state index in [1.165, 1.54) is 50.3 Å². The van der Waals surface area contributed by atoms with Crippen molar-refractivity contribution in [3.05, 3.63) is 18.2 Å². The Morgan fingerprint density at radius 1 is 0.882 bits per heavy atom. The van der Waals surface area contributed by atoms with Crippen LogP contribution in [0.5, 0.6) is 17.2 Å². The van der Waals surface area contributed by atoms with Gasteiger partial charge in [-0.15, -0.1) is 0 Å². The number of benzene rings is 1. The number of ether oxygens (including phenoxy) is 1. The van der Waals surface area contributed by atoms with Gasteiger partial charge >= 0.3 is 0 Å². The average molecular weight is 238 g/mol. The number of hydrogen-bond donors (Lipinski definition) is 2. The molecule has 0 aromatic heterocycles. The minimum Gasteiger partial charge on any atom is -0.508 e. The molecule has 3 heteroatoms. The van der Waals surface area contributed by atoms with Gasteiger partial charge in [0.1, 0.15) is 17.2 Å². The molecule has 17 heavy (non-hydrogen) atoms. The van der Waals surface area contributed by atoms with E-state index in [-0.39, 0.29) is 11.5 Å². The largest absolute Gasteiger partial charge is 0.508 e. The van der Waals surface area contributed by atoms with Crippen molar-refractivity contribution in [2.75, 3.05) is 6.61 Å². The molecule has 0 heterocycles. The summed E-state index contributed by atoms with van der Waals surface area (Å²) in [6.07, 6.45) is 7.30. The first-order chi connectivity index (χ1) is 8.22. The second kappa shape index (κ2) is 7.82. The normalized spacial score (nSPS) is 10.4. The van der Waals surface area contributed by atoms with Crippen LogP contribution in [-0.2, 0) is 0 Å². The van der Waals surface area contributed by atoms with E-state index in [0.717, 1.165) is 6.42 Å². The minimum atomic E-state index is 0.0305. The third kappa shape index (κ3) is 6.05. The van der Waals surface area contributed by atoms with Crippen LogP contribution in [0, 0.1) is 0 Å². The van der Waals surface area contributed by atoms with Crippen LogP contribution < -0.4 is 4.74 Å².